The number of fused-ring (bicyclic) bond motifs is 1. The van der Waals surface area contributed by atoms with Crippen LogP contribution >= 0.6 is 0 Å². The van der Waals surface area contributed by atoms with Gasteiger partial charge in [-0.1, -0.05) is 36.4 Å². The minimum Gasteiger partial charge on any atom is -0.493 e. The predicted octanol–water partition coefficient (Wildman–Crippen LogP) is 4.18. The highest BCUT2D eigenvalue weighted by atomic mass is 16.5. The van der Waals surface area contributed by atoms with Crippen LogP contribution < -0.4 is 9.47 Å². The van der Waals surface area contributed by atoms with Gasteiger partial charge in [0.1, 0.15) is 0 Å². The van der Waals surface area contributed by atoms with Crippen molar-refractivity contribution in [3.8, 4) is 11.5 Å². The number of para-hydroxylation sites is 3. The SMILES string of the molecule is COc1ccccc1OCC(=O)N1CC=C(c2c(C)[nH]c3ccccc23)CC1. The van der Waals surface area contributed by atoms with Crippen LogP contribution in [0, 0.1) is 6.92 Å². The van der Waals surface area contributed by atoms with E-state index in [1.807, 2.05) is 29.2 Å². The fourth-order valence-electron chi connectivity index (χ4n) is 3.78. The second-order valence-corrected chi connectivity index (χ2v) is 6.93. The third kappa shape index (κ3) is 3.48. The van der Waals surface area contributed by atoms with E-state index in [9.17, 15) is 4.79 Å². The molecule has 28 heavy (non-hydrogen) atoms. The predicted molar refractivity (Wildman–Crippen MR) is 111 cm³/mol. The van der Waals surface area contributed by atoms with Crippen LogP contribution in [-0.2, 0) is 4.79 Å². The molecule has 0 saturated carbocycles. The number of carbonyl (C=O) groups is 1. The first-order chi connectivity index (χ1) is 13.7. The van der Waals surface area contributed by atoms with Gasteiger partial charge in [-0.25, -0.2) is 0 Å². The Hall–Kier alpha value is -3.21. The van der Waals surface area contributed by atoms with E-state index in [1.165, 1.54) is 22.2 Å². The fourth-order valence-corrected chi connectivity index (χ4v) is 3.78. The molecule has 0 radical (unpaired) electrons. The van der Waals surface area contributed by atoms with E-state index in [4.69, 9.17) is 9.47 Å². The average molecular weight is 376 g/mol. The Bertz CT molecular complexity index is 1040. The lowest BCUT2D eigenvalue weighted by Crippen LogP contribution is -2.37. The van der Waals surface area contributed by atoms with Crippen LogP contribution in [-0.4, -0.2) is 42.6 Å². The summed E-state index contributed by atoms with van der Waals surface area (Å²) < 4.78 is 10.9. The van der Waals surface area contributed by atoms with Gasteiger partial charge in [-0.2, -0.15) is 0 Å². The lowest BCUT2D eigenvalue weighted by molar-refractivity contribution is -0.132. The number of aryl methyl sites for hydroxylation is 1. The van der Waals surface area contributed by atoms with Crippen LogP contribution in [0.15, 0.2) is 54.6 Å². The number of H-pyrrole nitrogens is 1. The maximum Gasteiger partial charge on any atom is 0.260 e. The normalized spacial score (nSPS) is 14.1. The summed E-state index contributed by atoms with van der Waals surface area (Å²) in [4.78, 5) is 17.9. The highest BCUT2D eigenvalue weighted by molar-refractivity contribution is 5.94. The molecular weight excluding hydrogens is 352 g/mol. The zero-order valence-corrected chi connectivity index (χ0v) is 16.2. The van der Waals surface area contributed by atoms with Gasteiger partial charge < -0.3 is 19.4 Å². The maximum absolute atomic E-state index is 12.6. The number of aromatic nitrogens is 1. The van der Waals surface area contributed by atoms with Gasteiger partial charge >= 0.3 is 0 Å². The van der Waals surface area contributed by atoms with Gasteiger partial charge in [0.05, 0.1) is 7.11 Å². The molecule has 1 aliphatic heterocycles. The van der Waals surface area contributed by atoms with Crippen molar-refractivity contribution in [2.45, 2.75) is 13.3 Å². The van der Waals surface area contributed by atoms with E-state index in [2.05, 4.69) is 36.2 Å². The van der Waals surface area contributed by atoms with Crippen molar-refractivity contribution >= 4 is 22.4 Å². The molecule has 1 aromatic heterocycles. The van der Waals surface area contributed by atoms with Crippen molar-refractivity contribution in [1.82, 2.24) is 9.88 Å². The number of nitrogens with zero attached hydrogens (tertiary/aromatic N) is 1. The minimum atomic E-state index is -0.0168. The quantitative estimate of drug-likeness (QED) is 0.727. The highest BCUT2D eigenvalue weighted by Crippen LogP contribution is 2.32. The van der Waals surface area contributed by atoms with E-state index < -0.39 is 0 Å². The second-order valence-electron chi connectivity index (χ2n) is 6.93. The summed E-state index contributed by atoms with van der Waals surface area (Å²) in [7, 11) is 1.59. The lowest BCUT2D eigenvalue weighted by atomic mass is 9.96. The molecule has 0 spiro atoms. The zero-order valence-electron chi connectivity index (χ0n) is 16.2. The smallest absolute Gasteiger partial charge is 0.260 e. The minimum absolute atomic E-state index is 0.00958. The van der Waals surface area contributed by atoms with Crippen LogP contribution in [0.3, 0.4) is 0 Å². The Morgan fingerprint density at radius 2 is 1.86 bits per heavy atom. The number of amides is 1. The van der Waals surface area contributed by atoms with E-state index in [-0.39, 0.29) is 12.5 Å². The van der Waals surface area contributed by atoms with Crippen LogP contribution in [0.1, 0.15) is 17.7 Å². The molecule has 1 aliphatic rings. The molecule has 2 heterocycles. The number of carbonyl (C=O) groups excluding carboxylic acids is 1. The van der Waals surface area contributed by atoms with E-state index in [0.717, 1.165) is 11.9 Å². The zero-order chi connectivity index (χ0) is 19.5. The number of methoxy groups -OCH3 is 1. The van der Waals surface area contributed by atoms with E-state index in [1.54, 1.807) is 13.2 Å². The lowest BCUT2D eigenvalue weighted by Gasteiger charge is -2.27. The number of rotatable bonds is 5. The molecule has 4 rings (SSSR count). The largest absolute Gasteiger partial charge is 0.493 e. The van der Waals surface area contributed by atoms with Gasteiger partial charge in [0.2, 0.25) is 0 Å². The molecule has 2 aromatic carbocycles. The van der Waals surface area contributed by atoms with Crippen molar-refractivity contribution in [3.05, 3.63) is 65.9 Å². The number of hydrogen-bond acceptors (Lipinski definition) is 3. The molecule has 0 fully saturated rings. The van der Waals surface area contributed by atoms with Gasteiger partial charge in [0.25, 0.3) is 5.91 Å². The summed E-state index contributed by atoms with van der Waals surface area (Å²) in [6.45, 7) is 3.41. The van der Waals surface area contributed by atoms with Crippen LogP contribution in [0.2, 0.25) is 0 Å². The third-order valence-corrected chi connectivity index (χ3v) is 5.20. The first-order valence-corrected chi connectivity index (χ1v) is 9.47. The molecule has 5 heteroatoms. The fraction of sp³-hybridized carbons (Fsp3) is 0.261. The number of benzene rings is 2. The molecule has 0 saturated heterocycles. The molecule has 0 atom stereocenters. The molecule has 0 unspecified atom stereocenters. The third-order valence-electron chi connectivity index (χ3n) is 5.20. The summed E-state index contributed by atoms with van der Waals surface area (Å²) in [5.74, 6) is 1.20. The summed E-state index contributed by atoms with van der Waals surface area (Å²) in [5.41, 5.74) is 4.89. The standard InChI is InChI=1S/C23H24N2O3/c1-16-23(18-7-3-4-8-19(18)24-16)17-11-13-25(14-12-17)22(26)15-28-21-10-6-5-9-20(21)27-2/h3-11,24H,12-15H2,1-2H3. The molecule has 0 aliphatic carbocycles. The molecule has 5 nitrogen and oxygen atoms in total. The van der Waals surface area contributed by atoms with Gasteiger partial charge in [-0.3, -0.25) is 4.79 Å². The van der Waals surface area contributed by atoms with E-state index >= 15 is 0 Å². The van der Waals surface area contributed by atoms with E-state index in [0.29, 0.717) is 24.6 Å². The van der Waals surface area contributed by atoms with Gasteiger partial charge in [0, 0.05) is 35.2 Å². The summed E-state index contributed by atoms with van der Waals surface area (Å²) in [6, 6.07) is 15.7. The second kappa shape index (κ2) is 7.80. The Labute approximate surface area is 164 Å². The number of nitrogens with one attached hydrogen (secondary N) is 1. The Balaban J connectivity index is 1.43. The van der Waals surface area contributed by atoms with Crippen molar-refractivity contribution in [2.24, 2.45) is 0 Å². The van der Waals surface area contributed by atoms with Gasteiger partial charge in [-0.15, -0.1) is 0 Å². The topological polar surface area (TPSA) is 54.6 Å². The monoisotopic (exact) mass is 376 g/mol. The van der Waals surface area contributed by atoms with Crippen LogP contribution in [0.25, 0.3) is 16.5 Å². The molecular formula is C23H24N2O3. The van der Waals surface area contributed by atoms with Crippen molar-refractivity contribution in [2.75, 3.05) is 26.8 Å². The summed E-state index contributed by atoms with van der Waals surface area (Å²) in [5, 5.41) is 1.24. The van der Waals surface area contributed by atoms with Crippen molar-refractivity contribution in [3.63, 3.8) is 0 Å². The maximum atomic E-state index is 12.6. The highest BCUT2D eigenvalue weighted by Gasteiger charge is 2.21. The molecule has 3 aromatic rings. The van der Waals surface area contributed by atoms with Crippen molar-refractivity contribution < 1.29 is 14.3 Å². The Morgan fingerprint density at radius 1 is 1.11 bits per heavy atom. The molecule has 0 bridgehead atoms. The number of ether oxygens (including phenoxy) is 2. The number of aromatic amines is 1. The summed E-state index contributed by atoms with van der Waals surface area (Å²) in [6.07, 6.45) is 3.00. The van der Waals surface area contributed by atoms with Gasteiger partial charge in [-0.05, 0) is 37.1 Å². The Kier molecular flexibility index (Phi) is 5.06. The average Bonchev–Trinajstić information content (AvgIpc) is 3.08. The van der Waals surface area contributed by atoms with Crippen LogP contribution in [0.4, 0.5) is 0 Å². The molecule has 1 N–H and O–H groups in total. The first-order valence-electron chi connectivity index (χ1n) is 9.47. The first kappa shape index (κ1) is 18.2. The Morgan fingerprint density at radius 3 is 2.61 bits per heavy atom. The summed E-state index contributed by atoms with van der Waals surface area (Å²) >= 11 is 0. The van der Waals surface area contributed by atoms with Gasteiger partial charge in [0.15, 0.2) is 18.1 Å². The van der Waals surface area contributed by atoms with Crippen molar-refractivity contribution in [1.29, 1.82) is 0 Å². The number of hydrogen-bond donors (Lipinski definition) is 1. The molecule has 144 valence electrons. The molecule has 1 amide bonds. The van der Waals surface area contributed by atoms with Crippen LogP contribution in [0.5, 0.6) is 11.5 Å².